The van der Waals surface area contributed by atoms with Gasteiger partial charge < -0.3 is 10.0 Å². The van der Waals surface area contributed by atoms with Gasteiger partial charge in [0.1, 0.15) is 17.6 Å². The van der Waals surface area contributed by atoms with Crippen LogP contribution in [0, 0.1) is 15.5 Å². The molecular formula is C13H12F5N3O4. The number of alkyl halides is 5. The Hall–Kier alpha value is -2.53. The minimum absolute atomic E-state index is 0.0484. The van der Waals surface area contributed by atoms with Crippen molar-refractivity contribution in [3.8, 4) is 0 Å². The number of hydrogen-bond acceptors (Lipinski definition) is 5. The molecule has 1 N–H and O–H groups in total. The highest BCUT2D eigenvalue weighted by atomic mass is 19.4. The lowest BCUT2D eigenvalue weighted by Gasteiger charge is -2.23. The van der Waals surface area contributed by atoms with E-state index in [1.54, 1.807) is 0 Å². The van der Waals surface area contributed by atoms with Gasteiger partial charge in [0, 0.05) is 13.1 Å². The summed E-state index contributed by atoms with van der Waals surface area (Å²) in [6.07, 6.45) is -5.55. The third-order valence-electron chi connectivity index (χ3n) is 4.07. The van der Waals surface area contributed by atoms with Crippen LogP contribution in [0.15, 0.2) is 12.3 Å². The van der Waals surface area contributed by atoms with E-state index >= 15 is 0 Å². The summed E-state index contributed by atoms with van der Waals surface area (Å²) >= 11 is 0. The van der Waals surface area contributed by atoms with Crippen LogP contribution in [0.3, 0.4) is 0 Å². The van der Waals surface area contributed by atoms with E-state index in [1.807, 2.05) is 0 Å². The molecule has 0 bridgehead atoms. The van der Waals surface area contributed by atoms with Gasteiger partial charge in [-0.15, -0.1) is 0 Å². The normalized spacial score (nSPS) is 21.4. The van der Waals surface area contributed by atoms with Gasteiger partial charge in [0.05, 0.1) is 10.3 Å². The number of hydrogen-bond donors (Lipinski definition) is 1. The Morgan fingerprint density at radius 1 is 1.40 bits per heavy atom. The summed E-state index contributed by atoms with van der Waals surface area (Å²) < 4.78 is 64.4. The number of rotatable bonds is 4. The number of aliphatic carboxylic acids is 1. The van der Waals surface area contributed by atoms with Gasteiger partial charge in [-0.2, -0.15) is 22.0 Å². The Bertz CT molecular complexity index is 724. The molecule has 1 aliphatic rings. The van der Waals surface area contributed by atoms with Crippen molar-refractivity contribution in [3.63, 3.8) is 0 Å². The van der Waals surface area contributed by atoms with E-state index in [1.165, 1.54) is 6.92 Å². The second-order valence-electron chi connectivity index (χ2n) is 5.92. The largest absolute Gasteiger partial charge is 0.481 e. The zero-order valence-corrected chi connectivity index (χ0v) is 12.7. The molecule has 1 aliphatic heterocycles. The van der Waals surface area contributed by atoms with Gasteiger partial charge in [-0.05, 0) is 19.4 Å². The van der Waals surface area contributed by atoms with E-state index in [9.17, 15) is 36.9 Å². The molecule has 2 heterocycles. The summed E-state index contributed by atoms with van der Waals surface area (Å²) in [6.45, 7) is 1.03. The Labute approximate surface area is 137 Å². The third kappa shape index (κ3) is 3.20. The summed E-state index contributed by atoms with van der Waals surface area (Å²) in [5, 5.41) is 20.2. The quantitative estimate of drug-likeness (QED) is 0.498. The zero-order chi connectivity index (χ0) is 19.2. The summed E-state index contributed by atoms with van der Waals surface area (Å²) in [7, 11) is 0. The number of carboxylic acids is 1. The van der Waals surface area contributed by atoms with Gasteiger partial charge in [-0.25, -0.2) is 4.98 Å². The second-order valence-corrected chi connectivity index (χ2v) is 5.92. The van der Waals surface area contributed by atoms with Crippen LogP contribution in [-0.4, -0.2) is 40.2 Å². The number of halogens is 5. The maximum atomic E-state index is 13.5. The molecule has 0 amide bonds. The number of pyridine rings is 1. The maximum absolute atomic E-state index is 13.5. The molecule has 7 nitrogen and oxygen atoms in total. The number of nitrogens with zero attached hydrogens (tertiary/aromatic N) is 3. The maximum Gasteiger partial charge on any atom is 0.459 e. The fourth-order valence-corrected chi connectivity index (χ4v) is 2.49. The van der Waals surface area contributed by atoms with Crippen LogP contribution in [0.1, 0.15) is 19.0 Å². The van der Waals surface area contributed by atoms with Gasteiger partial charge in [0.25, 0.3) is 0 Å². The second kappa shape index (κ2) is 5.77. The predicted octanol–water partition coefficient (Wildman–Crippen LogP) is 2.94. The molecule has 12 heteroatoms. The SMILES string of the molecule is CC1(C(=O)O)CCN(c2cc(C(F)(F)C(F)(F)F)ncc2[N+](=O)[O-])C1. The van der Waals surface area contributed by atoms with Gasteiger partial charge >= 0.3 is 23.8 Å². The molecule has 138 valence electrons. The molecule has 0 spiro atoms. The molecule has 1 aromatic rings. The van der Waals surface area contributed by atoms with Gasteiger partial charge in [-0.3, -0.25) is 14.9 Å². The molecule has 1 fully saturated rings. The monoisotopic (exact) mass is 369 g/mol. The van der Waals surface area contributed by atoms with E-state index in [2.05, 4.69) is 4.98 Å². The molecule has 0 aromatic carbocycles. The van der Waals surface area contributed by atoms with Crippen LogP contribution < -0.4 is 4.90 Å². The topological polar surface area (TPSA) is 96.6 Å². The average Bonchev–Trinajstić information content (AvgIpc) is 2.89. The predicted molar refractivity (Wildman–Crippen MR) is 73.4 cm³/mol. The molecule has 0 radical (unpaired) electrons. The molecule has 1 saturated heterocycles. The van der Waals surface area contributed by atoms with Crippen LogP contribution in [0.2, 0.25) is 0 Å². The molecular weight excluding hydrogens is 357 g/mol. The lowest BCUT2D eigenvalue weighted by molar-refractivity contribution is -0.384. The number of carbonyl (C=O) groups is 1. The van der Waals surface area contributed by atoms with Crippen LogP contribution in [0.5, 0.6) is 0 Å². The van der Waals surface area contributed by atoms with Crippen LogP contribution in [0.4, 0.5) is 33.3 Å². The Morgan fingerprint density at radius 2 is 2.00 bits per heavy atom. The zero-order valence-electron chi connectivity index (χ0n) is 12.7. The highest BCUT2D eigenvalue weighted by Gasteiger charge is 2.60. The highest BCUT2D eigenvalue weighted by molar-refractivity contribution is 5.77. The first kappa shape index (κ1) is 18.8. The first-order valence-electron chi connectivity index (χ1n) is 6.87. The average molecular weight is 369 g/mol. The fraction of sp³-hybridized carbons (Fsp3) is 0.538. The number of anilines is 1. The molecule has 1 unspecified atom stereocenters. The van der Waals surface area contributed by atoms with Crippen molar-refractivity contribution in [2.75, 3.05) is 18.0 Å². The van der Waals surface area contributed by atoms with E-state index in [4.69, 9.17) is 5.11 Å². The lowest BCUT2D eigenvalue weighted by atomic mass is 9.90. The van der Waals surface area contributed by atoms with Gasteiger partial charge in [0.2, 0.25) is 0 Å². The van der Waals surface area contributed by atoms with Crippen LogP contribution in [0.25, 0.3) is 0 Å². The minimum Gasteiger partial charge on any atom is -0.481 e. The number of aromatic nitrogens is 1. The summed E-state index contributed by atoms with van der Waals surface area (Å²) in [4.78, 5) is 25.3. The van der Waals surface area contributed by atoms with Crippen molar-refractivity contribution >= 4 is 17.3 Å². The van der Waals surface area contributed by atoms with E-state index < -0.39 is 45.5 Å². The smallest absolute Gasteiger partial charge is 0.459 e. The molecule has 1 aromatic heterocycles. The summed E-state index contributed by atoms with van der Waals surface area (Å²) in [6, 6.07) is 0.291. The Balaban J connectivity index is 2.51. The van der Waals surface area contributed by atoms with Crippen molar-refractivity contribution in [1.29, 1.82) is 0 Å². The standard InChI is InChI=1S/C13H12F5N3O4/c1-11(10(22)23)2-3-20(6-11)7-4-9(12(14,15)13(16,17)18)19-5-8(7)21(24)25/h4-5H,2-3,6H2,1H3,(H,22,23). The van der Waals surface area contributed by atoms with E-state index in [0.717, 1.165) is 4.90 Å². The highest BCUT2D eigenvalue weighted by Crippen LogP contribution is 2.45. The molecule has 2 rings (SSSR count). The Morgan fingerprint density at radius 3 is 2.44 bits per heavy atom. The molecule has 1 atom stereocenters. The minimum atomic E-state index is -5.92. The van der Waals surface area contributed by atoms with E-state index in [-0.39, 0.29) is 19.5 Å². The van der Waals surface area contributed by atoms with E-state index in [0.29, 0.717) is 12.3 Å². The molecule has 25 heavy (non-hydrogen) atoms. The summed E-state index contributed by atoms with van der Waals surface area (Å²) in [5.74, 6) is -6.50. The first-order chi connectivity index (χ1) is 11.3. The van der Waals surface area contributed by atoms with Crippen molar-refractivity contribution in [2.45, 2.75) is 25.4 Å². The van der Waals surface area contributed by atoms with Gasteiger partial charge in [-0.1, -0.05) is 0 Å². The van der Waals surface area contributed by atoms with Crippen molar-refractivity contribution in [3.05, 3.63) is 28.1 Å². The number of nitro groups is 1. The Kier molecular flexibility index (Phi) is 4.34. The first-order valence-corrected chi connectivity index (χ1v) is 6.87. The van der Waals surface area contributed by atoms with Crippen molar-refractivity contribution in [1.82, 2.24) is 4.98 Å². The van der Waals surface area contributed by atoms with Crippen molar-refractivity contribution in [2.24, 2.45) is 5.41 Å². The number of carboxylic acid groups (broad SMARTS) is 1. The van der Waals surface area contributed by atoms with Crippen LogP contribution in [-0.2, 0) is 10.7 Å². The van der Waals surface area contributed by atoms with Crippen molar-refractivity contribution < 1.29 is 36.8 Å². The van der Waals surface area contributed by atoms with Gasteiger partial charge in [0.15, 0.2) is 0 Å². The molecule has 0 aliphatic carbocycles. The van der Waals surface area contributed by atoms with Crippen LogP contribution >= 0.6 is 0 Å². The summed E-state index contributed by atoms with van der Waals surface area (Å²) in [5.41, 5.74) is -4.30. The fourth-order valence-electron chi connectivity index (χ4n) is 2.49. The third-order valence-corrected chi connectivity index (χ3v) is 4.07. The lowest BCUT2D eigenvalue weighted by Crippen LogP contribution is -2.35. The molecule has 0 saturated carbocycles.